The number of carbonyl (C=O) groups excluding carboxylic acids is 1. The van der Waals surface area contributed by atoms with E-state index >= 15 is 0 Å². The van der Waals surface area contributed by atoms with Crippen molar-refractivity contribution in [3.8, 4) is 0 Å². The second-order valence-electron chi connectivity index (χ2n) is 2.91. The highest BCUT2D eigenvalue weighted by molar-refractivity contribution is 5.97. The average molecular weight is 174 g/mol. The molecule has 0 aromatic carbocycles. The van der Waals surface area contributed by atoms with Crippen LogP contribution in [-0.4, -0.2) is 17.4 Å². The first-order valence-electron chi connectivity index (χ1n) is 4.11. The zero-order chi connectivity index (χ0) is 9.26. The van der Waals surface area contributed by atoms with Crippen molar-refractivity contribution in [2.24, 2.45) is 5.73 Å². The standard InChI is InChI=1S/C10H10N2O/c11-10(13)8-5-7-12-6-3-1-2-4-9(8)12/h1-6H,7H2,(H2,11,13). The van der Waals surface area contributed by atoms with E-state index in [0.717, 1.165) is 12.2 Å². The molecule has 0 bridgehead atoms. The summed E-state index contributed by atoms with van der Waals surface area (Å²) in [6.45, 7) is 0.724. The normalized spacial score (nSPS) is 19.2. The number of nitrogens with two attached hydrogens (primary N) is 1. The lowest BCUT2D eigenvalue weighted by Gasteiger charge is -2.14. The SMILES string of the molecule is NC(=O)C1=CCN2C=CC=CC=C12. The van der Waals surface area contributed by atoms with Crippen LogP contribution in [0.25, 0.3) is 0 Å². The summed E-state index contributed by atoms with van der Waals surface area (Å²) in [4.78, 5) is 13.0. The molecule has 13 heavy (non-hydrogen) atoms. The van der Waals surface area contributed by atoms with Crippen molar-refractivity contribution in [2.75, 3.05) is 6.54 Å². The smallest absolute Gasteiger partial charge is 0.250 e. The molecule has 3 nitrogen and oxygen atoms in total. The lowest BCUT2D eigenvalue weighted by molar-refractivity contribution is -0.114. The summed E-state index contributed by atoms with van der Waals surface area (Å²) in [7, 11) is 0. The third-order valence-electron chi connectivity index (χ3n) is 2.09. The molecule has 0 spiro atoms. The molecule has 2 rings (SSSR count). The second kappa shape index (κ2) is 2.94. The summed E-state index contributed by atoms with van der Waals surface area (Å²) in [5.74, 6) is -0.363. The van der Waals surface area contributed by atoms with E-state index in [2.05, 4.69) is 0 Å². The number of rotatable bonds is 1. The van der Waals surface area contributed by atoms with Crippen LogP contribution in [-0.2, 0) is 4.79 Å². The topological polar surface area (TPSA) is 46.3 Å². The molecule has 0 radical (unpaired) electrons. The van der Waals surface area contributed by atoms with Crippen molar-refractivity contribution >= 4 is 5.91 Å². The summed E-state index contributed by atoms with van der Waals surface area (Å²) in [5.41, 5.74) is 6.73. The first kappa shape index (κ1) is 7.86. The lowest BCUT2D eigenvalue weighted by Crippen LogP contribution is -2.18. The van der Waals surface area contributed by atoms with Gasteiger partial charge in [0.2, 0.25) is 0 Å². The Morgan fingerprint density at radius 3 is 3.00 bits per heavy atom. The van der Waals surface area contributed by atoms with Crippen molar-refractivity contribution in [2.45, 2.75) is 0 Å². The van der Waals surface area contributed by atoms with Gasteiger partial charge >= 0.3 is 0 Å². The fourth-order valence-corrected chi connectivity index (χ4v) is 1.47. The molecular formula is C10H10N2O. The Hall–Kier alpha value is -1.77. The highest BCUT2D eigenvalue weighted by Gasteiger charge is 2.21. The number of carbonyl (C=O) groups is 1. The number of hydrogen-bond donors (Lipinski definition) is 1. The van der Waals surface area contributed by atoms with E-state index in [0.29, 0.717) is 5.57 Å². The minimum Gasteiger partial charge on any atom is -0.366 e. The second-order valence-corrected chi connectivity index (χ2v) is 2.91. The van der Waals surface area contributed by atoms with Crippen molar-refractivity contribution in [3.63, 3.8) is 0 Å². The minimum absolute atomic E-state index is 0.363. The number of nitrogens with zero attached hydrogens (tertiary/aromatic N) is 1. The van der Waals surface area contributed by atoms with Crippen molar-refractivity contribution in [3.05, 3.63) is 47.9 Å². The third-order valence-corrected chi connectivity index (χ3v) is 2.09. The molecule has 2 heterocycles. The zero-order valence-corrected chi connectivity index (χ0v) is 7.10. The first-order valence-corrected chi connectivity index (χ1v) is 4.11. The van der Waals surface area contributed by atoms with Gasteiger partial charge in [0.05, 0.1) is 11.3 Å². The van der Waals surface area contributed by atoms with E-state index in [1.807, 2.05) is 41.5 Å². The van der Waals surface area contributed by atoms with Crippen LogP contribution >= 0.6 is 0 Å². The molecular weight excluding hydrogens is 164 g/mol. The minimum atomic E-state index is -0.363. The van der Waals surface area contributed by atoms with Gasteiger partial charge in [0, 0.05) is 12.7 Å². The van der Waals surface area contributed by atoms with Crippen LogP contribution in [0.4, 0.5) is 0 Å². The van der Waals surface area contributed by atoms with Gasteiger partial charge in [0.25, 0.3) is 5.91 Å². The molecule has 2 aliphatic heterocycles. The van der Waals surface area contributed by atoms with Crippen LogP contribution in [0.3, 0.4) is 0 Å². The van der Waals surface area contributed by atoms with E-state index in [-0.39, 0.29) is 5.91 Å². The lowest BCUT2D eigenvalue weighted by atomic mass is 10.2. The number of amides is 1. The van der Waals surface area contributed by atoms with Gasteiger partial charge in [-0.15, -0.1) is 0 Å². The van der Waals surface area contributed by atoms with Gasteiger partial charge in [-0.05, 0) is 18.2 Å². The summed E-state index contributed by atoms with van der Waals surface area (Å²) >= 11 is 0. The summed E-state index contributed by atoms with van der Waals surface area (Å²) in [5, 5.41) is 0. The monoisotopic (exact) mass is 174 g/mol. The summed E-state index contributed by atoms with van der Waals surface area (Å²) in [6, 6.07) is 0. The van der Waals surface area contributed by atoms with Crippen molar-refractivity contribution < 1.29 is 4.79 Å². The maximum Gasteiger partial charge on any atom is 0.250 e. The van der Waals surface area contributed by atoms with Gasteiger partial charge in [-0.1, -0.05) is 12.2 Å². The average Bonchev–Trinajstić information content (AvgIpc) is 2.36. The van der Waals surface area contributed by atoms with Gasteiger partial charge < -0.3 is 10.6 Å². The Kier molecular flexibility index (Phi) is 1.77. The highest BCUT2D eigenvalue weighted by Crippen LogP contribution is 2.23. The summed E-state index contributed by atoms with van der Waals surface area (Å²) in [6.07, 6.45) is 11.4. The van der Waals surface area contributed by atoms with E-state index in [1.165, 1.54) is 0 Å². The fraction of sp³-hybridized carbons (Fsp3) is 0.100. The third kappa shape index (κ3) is 1.28. The highest BCUT2D eigenvalue weighted by atomic mass is 16.1. The molecule has 0 atom stereocenters. The molecule has 0 aromatic heterocycles. The Balaban J connectivity index is 2.37. The van der Waals surface area contributed by atoms with Gasteiger partial charge in [-0.25, -0.2) is 0 Å². The molecule has 2 aliphatic rings. The van der Waals surface area contributed by atoms with Crippen LogP contribution in [0.2, 0.25) is 0 Å². The van der Waals surface area contributed by atoms with Crippen LogP contribution in [0, 0.1) is 0 Å². The van der Waals surface area contributed by atoms with Gasteiger partial charge in [0.1, 0.15) is 0 Å². The predicted octanol–water partition coefficient (Wildman–Crippen LogP) is 0.681. The molecule has 0 saturated carbocycles. The van der Waals surface area contributed by atoms with Crippen LogP contribution in [0.15, 0.2) is 47.9 Å². The van der Waals surface area contributed by atoms with E-state index < -0.39 is 0 Å². The molecule has 0 aliphatic carbocycles. The first-order chi connectivity index (χ1) is 6.29. The van der Waals surface area contributed by atoms with Gasteiger partial charge in [0.15, 0.2) is 0 Å². The van der Waals surface area contributed by atoms with E-state index in [1.54, 1.807) is 0 Å². The maximum absolute atomic E-state index is 11.0. The quantitative estimate of drug-likeness (QED) is 0.635. The van der Waals surface area contributed by atoms with Crippen molar-refractivity contribution in [1.29, 1.82) is 0 Å². The van der Waals surface area contributed by atoms with E-state index in [9.17, 15) is 4.79 Å². The zero-order valence-electron chi connectivity index (χ0n) is 7.10. The molecule has 0 saturated heterocycles. The Bertz CT molecular complexity index is 361. The number of primary amides is 1. The van der Waals surface area contributed by atoms with Crippen molar-refractivity contribution in [1.82, 2.24) is 4.90 Å². The maximum atomic E-state index is 11.0. The Morgan fingerprint density at radius 2 is 2.23 bits per heavy atom. The Labute approximate surface area is 76.5 Å². The molecule has 2 N–H and O–H groups in total. The molecule has 3 heteroatoms. The summed E-state index contributed by atoms with van der Waals surface area (Å²) < 4.78 is 0. The molecule has 1 amide bonds. The molecule has 66 valence electrons. The van der Waals surface area contributed by atoms with Crippen LogP contribution in [0.1, 0.15) is 0 Å². The Morgan fingerprint density at radius 1 is 1.38 bits per heavy atom. The molecule has 0 unspecified atom stereocenters. The number of fused-ring (bicyclic) bond motifs is 1. The number of allylic oxidation sites excluding steroid dienone is 4. The van der Waals surface area contributed by atoms with Gasteiger partial charge in [-0.3, -0.25) is 4.79 Å². The van der Waals surface area contributed by atoms with Gasteiger partial charge in [-0.2, -0.15) is 0 Å². The molecule has 0 aromatic rings. The molecule has 0 fully saturated rings. The van der Waals surface area contributed by atoms with Crippen LogP contribution in [0.5, 0.6) is 0 Å². The van der Waals surface area contributed by atoms with E-state index in [4.69, 9.17) is 5.73 Å². The van der Waals surface area contributed by atoms with Crippen LogP contribution < -0.4 is 5.73 Å². The fourth-order valence-electron chi connectivity index (χ4n) is 1.47. The number of hydrogen-bond acceptors (Lipinski definition) is 2. The largest absolute Gasteiger partial charge is 0.366 e. The predicted molar refractivity (Wildman–Crippen MR) is 50.3 cm³/mol.